The number of aromatic nitrogens is 1. The van der Waals surface area contributed by atoms with Gasteiger partial charge < -0.3 is 29.1 Å². The van der Waals surface area contributed by atoms with Gasteiger partial charge in [0.1, 0.15) is 12.2 Å². The number of aromatic carboxylic acids is 1. The van der Waals surface area contributed by atoms with Crippen LogP contribution in [0.2, 0.25) is 0 Å². The van der Waals surface area contributed by atoms with Crippen LogP contribution in [0, 0.1) is 0 Å². The molecule has 0 aliphatic carbocycles. The maximum absolute atomic E-state index is 12.9. The number of amides is 1. The molecule has 1 aromatic heterocycles. The summed E-state index contributed by atoms with van der Waals surface area (Å²) < 4.78 is 46.9. The lowest BCUT2D eigenvalue weighted by atomic mass is 10.2. The van der Waals surface area contributed by atoms with Crippen molar-refractivity contribution in [2.45, 2.75) is 52.6 Å². The SMILES string of the molecule is CC(NC(=O)OC(C)(C)C)c1oc(-c2ccc(OC(F)F)c(OCc3ccccc3)c2)nc1C(=O)O. The van der Waals surface area contributed by atoms with Gasteiger partial charge in [0.05, 0.1) is 6.04 Å². The molecule has 0 fully saturated rings. The van der Waals surface area contributed by atoms with Gasteiger partial charge in [-0.25, -0.2) is 14.6 Å². The van der Waals surface area contributed by atoms with E-state index in [9.17, 15) is 23.5 Å². The molecule has 9 nitrogen and oxygen atoms in total. The number of carboxylic acids is 1. The molecule has 0 aliphatic rings. The van der Waals surface area contributed by atoms with Gasteiger partial charge in [0, 0.05) is 5.56 Å². The van der Waals surface area contributed by atoms with Gasteiger partial charge >= 0.3 is 18.7 Å². The zero-order chi connectivity index (χ0) is 26.5. The summed E-state index contributed by atoms with van der Waals surface area (Å²) in [6.07, 6.45) is -0.769. The minimum absolute atomic E-state index is 0.0202. The first-order chi connectivity index (χ1) is 16.9. The van der Waals surface area contributed by atoms with Crippen molar-refractivity contribution >= 4 is 12.1 Å². The lowest BCUT2D eigenvalue weighted by Crippen LogP contribution is -2.34. The number of hydrogen-bond acceptors (Lipinski definition) is 7. The molecule has 0 spiro atoms. The molecule has 3 rings (SSSR count). The molecule has 192 valence electrons. The van der Waals surface area contributed by atoms with Crippen LogP contribution >= 0.6 is 0 Å². The van der Waals surface area contributed by atoms with Crippen LogP contribution in [0.5, 0.6) is 11.5 Å². The van der Waals surface area contributed by atoms with E-state index >= 15 is 0 Å². The molecule has 0 bridgehead atoms. The number of nitrogens with zero attached hydrogens (tertiary/aromatic N) is 1. The Labute approximate surface area is 206 Å². The summed E-state index contributed by atoms with van der Waals surface area (Å²) in [7, 11) is 0. The van der Waals surface area contributed by atoms with Crippen LogP contribution in [0.4, 0.5) is 13.6 Å². The van der Waals surface area contributed by atoms with Crippen LogP contribution in [0.1, 0.15) is 55.5 Å². The van der Waals surface area contributed by atoms with Crippen LogP contribution in [-0.4, -0.2) is 34.4 Å². The number of ether oxygens (including phenoxy) is 3. The third-order valence-corrected chi connectivity index (χ3v) is 4.63. The van der Waals surface area contributed by atoms with Crippen molar-refractivity contribution in [3.05, 3.63) is 65.5 Å². The highest BCUT2D eigenvalue weighted by Crippen LogP contribution is 2.35. The molecule has 3 aromatic rings. The van der Waals surface area contributed by atoms with E-state index in [1.807, 2.05) is 6.07 Å². The smallest absolute Gasteiger partial charge is 0.408 e. The topological polar surface area (TPSA) is 120 Å². The average molecular weight is 504 g/mol. The van der Waals surface area contributed by atoms with Crippen LogP contribution in [0.15, 0.2) is 52.9 Å². The minimum atomic E-state index is -3.08. The molecule has 1 unspecified atom stereocenters. The van der Waals surface area contributed by atoms with Gasteiger partial charge in [-0.05, 0) is 51.5 Å². The number of carboxylic acid groups (broad SMARTS) is 1. The molecule has 1 heterocycles. The van der Waals surface area contributed by atoms with E-state index in [0.717, 1.165) is 5.56 Å². The van der Waals surface area contributed by atoms with E-state index in [4.69, 9.17) is 13.9 Å². The molecular formula is C25H26F2N2O7. The van der Waals surface area contributed by atoms with Gasteiger partial charge in [-0.2, -0.15) is 8.78 Å². The van der Waals surface area contributed by atoms with Crippen molar-refractivity contribution in [2.24, 2.45) is 0 Å². The highest BCUT2D eigenvalue weighted by molar-refractivity contribution is 5.87. The van der Waals surface area contributed by atoms with Gasteiger partial charge in [0.25, 0.3) is 0 Å². The Morgan fingerprint density at radius 3 is 2.42 bits per heavy atom. The Hall–Kier alpha value is -4.15. The fourth-order valence-electron chi connectivity index (χ4n) is 3.13. The molecule has 1 amide bonds. The monoisotopic (exact) mass is 504 g/mol. The predicted molar refractivity (Wildman–Crippen MR) is 124 cm³/mol. The molecule has 36 heavy (non-hydrogen) atoms. The van der Waals surface area contributed by atoms with Gasteiger partial charge in [-0.15, -0.1) is 0 Å². The highest BCUT2D eigenvalue weighted by atomic mass is 19.3. The van der Waals surface area contributed by atoms with Gasteiger partial charge in [-0.3, -0.25) is 0 Å². The van der Waals surface area contributed by atoms with Gasteiger partial charge in [0.15, 0.2) is 23.0 Å². The number of hydrogen-bond donors (Lipinski definition) is 2. The van der Waals surface area contributed by atoms with Crippen molar-refractivity contribution in [3.8, 4) is 23.0 Å². The van der Waals surface area contributed by atoms with Gasteiger partial charge in [-0.1, -0.05) is 30.3 Å². The third-order valence-electron chi connectivity index (χ3n) is 4.63. The Bertz CT molecular complexity index is 1210. The lowest BCUT2D eigenvalue weighted by Gasteiger charge is -2.21. The maximum Gasteiger partial charge on any atom is 0.408 e. The first-order valence-electron chi connectivity index (χ1n) is 10.9. The molecule has 0 radical (unpaired) electrons. The Morgan fingerprint density at radius 2 is 1.81 bits per heavy atom. The Kier molecular flexibility index (Phi) is 8.13. The van der Waals surface area contributed by atoms with Crippen molar-refractivity contribution in [1.82, 2.24) is 10.3 Å². The number of benzene rings is 2. The largest absolute Gasteiger partial charge is 0.485 e. The number of rotatable bonds is 9. The number of oxazole rings is 1. The summed E-state index contributed by atoms with van der Waals surface area (Å²) in [5, 5.41) is 12.1. The van der Waals surface area contributed by atoms with E-state index in [1.54, 1.807) is 45.0 Å². The molecular weight excluding hydrogens is 478 g/mol. The van der Waals surface area contributed by atoms with E-state index in [-0.39, 0.29) is 35.3 Å². The molecule has 0 saturated carbocycles. The first-order valence-corrected chi connectivity index (χ1v) is 10.9. The molecule has 0 saturated heterocycles. The second-order valence-corrected chi connectivity index (χ2v) is 8.72. The van der Waals surface area contributed by atoms with Gasteiger partial charge in [0.2, 0.25) is 5.89 Å². The fraction of sp³-hybridized carbons (Fsp3) is 0.320. The molecule has 2 N–H and O–H groups in total. The zero-order valence-corrected chi connectivity index (χ0v) is 20.1. The van der Waals surface area contributed by atoms with Crippen LogP contribution in [-0.2, 0) is 11.3 Å². The summed E-state index contributed by atoms with van der Waals surface area (Å²) in [6.45, 7) is 3.55. The van der Waals surface area contributed by atoms with Crippen molar-refractivity contribution < 1.29 is 42.1 Å². The number of alkyl halides is 2. The molecule has 2 aromatic carbocycles. The van der Waals surface area contributed by atoms with Crippen LogP contribution < -0.4 is 14.8 Å². The maximum atomic E-state index is 12.9. The number of carbonyl (C=O) groups is 2. The van der Waals surface area contributed by atoms with Crippen molar-refractivity contribution in [1.29, 1.82) is 0 Å². The fourth-order valence-corrected chi connectivity index (χ4v) is 3.13. The van der Waals surface area contributed by atoms with E-state index < -0.39 is 36.0 Å². The number of carbonyl (C=O) groups excluding carboxylic acids is 1. The van der Waals surface area contributed by atoms with E-state index in [1.165, 1.54) is 25.1 Å². The summed E-state index contributed by atoms with van der Waals surface area (Å²) in [4.78, 5) is 27.9. The quantitative estimate of drug-likeness (QED) is 0.375. The zero-order valence-electron chi connectivity index (χ0n) is 20.1. The standard InChI is InChI=1S/C25H26F2N2O7/c1-14(28-24(32)36-25(2,3)4)20-19(22(30)31)29-21(35-20)16-10-11-17(34-23(26)27)18(12-16)33-13-15-8-6-5-7-9-15/h5-12,14,23H,13H2,1-4H3,(H,28,32)(H,30,31). The van der Waals surface area contributed by atoms with Crippen LogP contribution in [0.3, 0.4) is 0 Å². The number of halogens is 2. The Morgan fingerprint density at radius 1 is 1.11 bits per heavy atom. The van der Waals surface area contributed by atoms with Crippen molar-refractivity contribution in [3.63, 3.8) is 0 Å². The normalized spacial score (nSPS) is 12.2. The third kappa shape index (κ3) is 7.17. The summed E-state index contributed by atoms with van der Waals surface area (Å²) >= 11 is 0. The van der Waals surface area contributed by atoms with Crippen molar-refractivity contribution in [2.75, 3.05) is 0 Å². The minimum Gasteiger partial charge on any atom is -0.485 e. The predicted octanol–water partition coefficient (Wildman–Crippen LogP) is 5.81. The van der Waals surface area contributed by atoms with Crippen LogP contribution in [0.25, 0.3) is 11.5 Å². The first kappa shape index (κ1) is 26.5. The summed E-state index contributed by atoms with van der Waals surface area (Å²) in [5.74, 6) is -1.85. The second kappa shape index (κ2) is 11.1. The number of alkyl carbamates (subject to hydrolysis) is 1. The lowest BCUT2D eigenvalue weighted by molar-refractivity contribution is -0.0516. The molecule has 1 atom stereocenters. The Balaban J connectivity index is 1.91. The highest BCUT2D eigenvalue weighted by Gasteiger charge is 2.28. The summed E-state index contributed by atoms with van der Waals surface area (Å²) in [6, 6.07) is 12.1. The number of nitrogens with one attached hydrogen (secondary N) is 1. The van der Waals surface area contributed by atoms with E-state index in [0.29, 0.717) is 0 Å². The molecule has 0 aliphatic heterocycles. The van der Waals surface area contributed by atoms with E-state index in [2.05, 4.69) is 15.0 Å². The average Bonchev–Trinajstić information content (AvgIpc) is 3.23. The second-order valence-electron chi connectivity index (χ2n) is 8.72. The summed E-state index contributed by atoms with van der Waals surface area (Å²) in [5.41, 5.74) is -0.143. The molecule has 11 heteroatoms.